The summed E-state index contributed by atoms with van der Waals surface area (Å²) < 4.78 is 0. The standard InChI is InChI=1S/C13H11ClN4O3/c1-2-5-16-8-9(7-15)13(19)17-12-6-10(18(20)21)3-4-11(12)14/h2-4,6,8,16H,1,5H2,(H,17,19)/b9-8-. The summed E-state index contributed by atoms with van der Waals surface area (Å²) in [5.74, 6) is -0.725. The predicted molar refractivity (Wildman–Crippen MR) is 78.6 cm³/mol. The van der Waals surface area contributed by atoms with Gasteiger partial charge in [-0.05, 0) is 6.07 Å². The summed E-state index contributed by atoms with van der Waals surface area (Å²) in [5.41, 5.74) is -0.359. The maximum absolute atomic E-state index is 11.9. The van der Waals surface area contributed by atoms with Crippen LogP contribution in [0.1, 0.15) is 0 Å². The van der Waals surface area contributed by atoms with Gasteiger partial charge in [-0.15, -0.1) is 6.58 Å². The number of carbonyl (C=O) groups is 1. The van der Waals surface area contributed by atoms with Crippen molar-refractivity contribution in [2.24, 2.45) is 0 Å². The molecule has 0 saturated carbocycles. The van der Waals surface area contributed by atoms with Gasteiger partial charge >= 0.3 is 0 Å². The third-order valence-corrected chi connectivity index (χ3v) is 2.61. The van der Waals surface area contributed by atoms with E-state index in [4.69, 9.17) is 16.9 Å². The first-order valence-electron chi connectivity index (χ1n) is 5.69. The third kappa shape index (κ3) is 4.63. The number of nitro groups is 1. The number of nitrogens with zero attached hydrogens (tertiary/aromatic N) is 2. The van der Waals surface area contributed by atoms with Crippen LogP contribution in [-0.2, 0) is 4.79 Å². The molecule has 0 aliphatic heterocycles. The number of nitriles is 1. The van der Waals surface area contributed by atoms with Crippen LogP contribution >= 0.6 is 11.6 Å². The number of amides is 1. The molecule has 0 aliphatic carbocycles. The molecule has 0 fully saturated rings. The zero-order valence-electron chi connectivity index (χ0n) is 10.8. The van der Waals surface area contributed by atoms with Crippen LogP contribution in [-0.4, -0.2) is 17.4 Å². The molecule has 0 bridgehead atoms. The number of rotatable bonds is 6. The summed E-state index contributed by atoms with van der Waals surface area (Å²) in [6.07, 6.45) is 2.78. The Morgan fingerprint density at radius 2 is 2.29 bits per heavy atom. The molecule has 108 valence electrons. The molecule has 0 aliphatic rings. The fourth-order valence-electron chi connectivity index (χ4n) is 1.31. The molecule has 0 radical (unpaired) electrons. The van der Waals surface area contributed by atoms with Crippen molar-refractivity contribution in [3.63, 3.8) is 0 Å². The van der Waals surface area contributed by atoms with Crippen LogP contribution in [0.4, 0.5) is 11.4 Å². The fourth-order valence-corrected chi connectivity index (χ4v) is 1.47. The van der Waals surface area contributed by atoms with Crippen molar-refractivity contribution >= 4 is 28.9 Å². The molecule has 7 nitrogen and oxygen atoms in total. The Morgan fingerprint density at radius 1 is 1.57 bits per heavy atom. The Morgan fingerprint density at radius 3 is 2.86 bits per heavy atom. The summed E-state index contributed by atoms with van der Waals surface area (Å²) in [6, 6.07) is 5.34. The van der Waals surface area contributed by atoms with Crippen molar-refractivity contribution in [1.29, 1.82) is 5.26 Å². The molecule has 0 heterocycles. The minimum absolute atomic E-state index is 0.0562. The van der Waals surface area contributed by atoms with Gasteiger partial charge in [0.1, 0.15) is 11.6 Å². The van der Waals surface area contributed by atoms with Crippen molar-refractivity contribution in [3.8, 4) is 6.07 Å². The van der Waals surface area contributed by atoms with Crippen molar-refractivity contribution in [1.82, 2.24) is 5.32 Å². The molecule has 21 heavy (non-hydrogen) atoms. The van der Waals surface area contributed by atoms with Gasteiger partial charge in [0, 0.05) is 24.9 Å². The average molecular weight is 307 g/mol. The van der Waals surface area contributed by atoms with Gasteiger partial charge in [-0.3, -0.25) is 14.9 Å². The van der Waals surface area contributed by atoms with Crippen molar-refractivity contribution in [3.05, 3.63) is 57.8 Å². The van der Waals surface area contributed by atoms with Crippen molar-refractivity contribution < 1.29 is 9.72 Å². The van der Waals surface area contributed by atoms with Crippen molar-refractivity contribution in [2.45, 2.75) is 0 Å². The van der Waals surface area contributed by atoms with E-state index < -0.39 is 10.8 Å². The van der Waals surface area contributed by atoms with Gasteiger partial charge in [0.25, 0.3) is 11.6 Å². The maximum atomic E-state index is 11.9. The number of nitrogens with one attached hydrogen (secondary N) is 2. The molecular weight excluding hydrogens is 296 g/mol. The highest BCUT2D eigenvalue weighted by Crippen LogP contribution is 2.26. The van der Waals surface area contributed by atoms with Gasteiger partial charge in [0.05, 0.1) is 15.6 Å². The van der Waals surface area contributed by atoms with Gasteiger partial charge in [-0.25, -0.2) is 0 Å². The lowest BCUT2D eigenvalue weighted by atomic mass is 10.2. The average Bonchev–Trinajstić information content (AvgIpc) is 2.45. The van der Waals surface area contributed by atoms with Crippen LogP contribution < -0.4 is 10.6 Å². The Balaban J connectivity index is 2.94. The zero-order chi connectivity index (χ0) is 15.8. The van der Waals surface area contributed by atoms with E-state index >= 15 is 0 Å². The SMILES string of the molecule is C=CCN/C=C(/C#N)C(=O)Nc1cc([N+](=O)[O-])ccc1Cl. The van der Waals surface area contributed by atoms with E-state index in [1.807, 2.05) is 0 Å². The number of halogens is 1. The Bertz CT molecular complexity index is 649. The molecule has 0 aromatic heterocycles. The summed E-state index contributed by atoms with van der Waals surface area (Å²) in [6.45, 7) is 3.86. The highest BCUT2D eigenvalue weighted by Gasteiger charge is 2.14. The second-order valence-electron chi connectivity index (χ2n) is 3.74. The van der Waals surface area contributed by atoms with Gasteiger partial charge in [0.15, 0.2) is 0 Å². The first-order valence-corrected chi connectivity index (χ1v) is 6.07. The van der Waals surface area contributed by atoms with Gasteiger partial charge in [0.2, 0.25) is 0 Å². The number of carbonyl (C=O) groups excluding carboxylic acids is 1. The number of anilines is 1. The predicted octanol–water partition coefficient (Wildman–Crippen LogP) is 2.37. The van der Waals surface area contributed by atoms with Gasteiger partial charge in [-0.2, -0.15) is 5.26 Å². The van der Waals surface area contributed by atoms with Crippen LogP contribution in [0.2, 0.25) is 5.02 Å². The molecular formula is C13H11ClN4O3. The van der Waals surface area contributed by atoms with E-state index in [1.165, 1.54) is 18.3 Å². The second kappa shape index (κ2) is 7.67. The van der Waals surface area contributed by atoms with E-state index in [9.17, 15) is 14.9 Å². The first-order chi connectivity index (χ1) is 9.99. The topological polar surface area (TPSA) is 108 Å². The summed E-state index contributed by atoms with van der Waals surface area (Å²) in [4.78, 5) is 21.9. The number of hydrogen-bond acceptors (Lipinski definition) is 5. The molecule has 0 atom stereocenters. The third-order valence-electron chi connectivity index (χ3n) is 2.28. The smallest absolute Gasteiger partial charge is 0.271 e. The monoisotopic (exact) mass is 306 g/mol. The molecule has 2 N–H and O–H groups in total. The molecule has 8 heteroatoms. The van der Waals surface area contributed by atoms with Crippen molar-refractivity contribution in [2.75, 3.05) is 11.9 Å². The molecule has 1 amide bonds. The van der Waals surface area contributed by atoms with Crippen LogP contribution in [0.3, 0.4) is 0 Å². The number of hydrogen-bond donors (Lipinski definition) is 2. The Hall–Kier alpha value is -2.85. The van der Waals surface area contributed by atoms with Gasteiger partial charge < -0.3 is 10.6 Å². The van der Waals surface area contributed by atoms with E-state index in [1.54, 1.807) is 12.1 Å². The molecule has 1 aromatic carbocycles. The highest BCUT2D eigenvalue weighted by atomic mass is 35.5. The molecule has 1 rings (SSSR count). The van der Waals surface area contributed by atoms with Gasteiger partial charge in [-0.1, -0.05) is 17.7 Å². The second-order valence-corrected chi connectivity index (χ2v) is 4.15. The van der Waals surface area contributed by atoms with Crippen LogP contribution in [0.25, 0.3) is 0 Å². The maximum Gasteiger partial charge on any atom is 0.271 e. The number of nitro benzene ring substituents is 1. The number of benzene rings is 1. The zero-order valence-corrected chi connectivity index (χ0v) is 11.6. The minimum atomic E-state index is -0.725. The summed E-state index contributed by atoms with van der Waals surface area (Å²) in [5, 5.41) is 24.8. The molecule has 0 spiro atoms. The van der Waals surface area contributed by atoms with Crippen LogP contribution in [0.5, 0.6) is 0 Å². The Labute approximate surface area is 125 Å². The molecule has 1 aromatic rings. The summed E-state index contributed by atoms with van der Waals surface area (Å²) in [7, 11) is 0. The molecule has 0 unspecified atom stereocenters. The minimum Gasteiger partial charge on any atom is -0.386 e. The van der Waals surface area contributed by atoms with E-state index in [2.05, 4.69) is 17.2 Å². The lowest BCUT2D eigenvalue weighted by Crippen LogP contribution is -2.17. The quantitative estimate of drug-likeness (QED) is 0.209. The largest absolute Gasteiger partial charge is 0.386 e. The van der Waals surface area contributed by atoms with E-state index in [-0.39, 0.29) is 22.0 Å². The van der Waals surface area contributed by atoms with E-state index in [0.717, 1.165) is 6.07 Å². The highest BCUT2D eigenvalue weighted by molar-refractivity contribution is 6.34. The normalized spacial score (nSPS) is 10.4. The fraction of sp³-hybridized carbons (Fsp3) is 0.0769. The first kappa shape index (κ1) is 16.2. The lowest BCUT2D eigenvalue weighted by molar-refractivity contribution is -0.384. The van der Waals surface area contributed by atoms with Crippen LogP contribution in [0.15, 0.2) is 42.6 Å². The van der Waals surface area contributed by atoms with Crippen LogP contribution in [0, 0.1) is 21.4 Å². The lowest BCUT2D eigenvalue weighted by Gasteiger charge is -2.06. The number of non-ortho nitro benzene ring substituents is 1. The Kier molecular flexibility index (Phi) is 5.92. The molecule has 0 saturated heterocycles. The van der Waals surface area contributed by atoms with E-state index in [0.29, 0.717) is 6.54 Å². The summed E-state index contributed by atoms with van der Waals surface area (Å²) >= 11 is 5.85.